The van der Waals surface area contributed by atoms with Crippen molar-refractivity contribution in [3.8, 4) is 5.75 Å². The molecule has 1 rings (SSSR count). The molecule has 1 aromatic carbocycles. The summed E-state index contributed by atoms with van der Waals surface area (Å²) >= 11 is 0. The number of rotatable bonds is 5. The monoisotopic (exact) mass is 208 g/mol. The number of carbonyl (C=O) groups excluding carboxylic acids is 1. The van der Waals surface area contributed by atoms with Gasteiger partial charge in [0, 0.05) is 6.42 Å². The van der Waals surface area contributed by atoms with Crippen molar-refractivity contribution in [2.75, 3.05) is 6.61 Å². The van der Waals surface area contributed by atoms with E-state index in [1.807, 2.05) is 12.1 Å². The molecule has 0 spiro atoms. The number of esters is 1. The smallest absolute Gasteiger partial charge is 0.305 e. The van der Waals surface area contributed by atoms with Crippen molar-refractivity contribution in [2.45, 2.75) is 26.2 Å². The van der Waals surface area contributed by atoms with Gasteiger partial charge in [-0.15, -0.1) is 0 Å². The zero-order chi connectivity index (χ0) is 11.1. The lowest BCUT2D eigenvalue weighted by Gasteiger charge is -2.02. The van der Waals surface area contributed by atoms with Gasteiger partial charge in [0.15, 0.2) is 0 Å². The van der Waals surface area contributed by atoms with E-state index < -0.39 is 0 Å². The third-order valence-electron chi connectivity index (χ3n) is 2.09. The van der Waals surface area contributed by atoms with Crippen LogP contribution in [-0.2, 0) is 16.0 Å². The predicted octanol–water partition coefficient (Wildman–Crippen LogP) is 2.28. The molecule has 15 heavy (non-hydrogen) atoms. The van der Waals surface area contributed by atoms with Gasteiger partial charge in [0.1, 0.15) is 5.75 Å². The molecule has 0 radical (unpaired) electrons. The second-order valence-electron chi connectivity index (χ2n) is 3.33. The van der Waals surface area contributed by atoms with Gasteiger partial charge in [0.2, 0.25) is 0 Å². The fourth-order valence-corrected chi connectivity index (χ4v) is 1.33. The lowest BCUT2D eigenvalue weighted by Crippen LogP contribution is -2.03. The predicted molar refractivity (Wildman–Crippen MR) is 57.7 cm³/mol. The van der Waals surface area contributed by atoms with E-state index in [-0.39, 0.29) is 11.7 Å². The molecule has 0 heterocycles. The molecule has 0 aliphatic heterocycles. The Balaban J connectivity index is 2.26. The number of benzene rings is 1. The van der Waals surface area contributed by atoms with E-state index in [0.29, 0.717) is 13.0 Å². The molecule has 0 aliphatic carbocycles. The Hall–Kier alpha value is -1.51. The fourth-order valence-electron chi connectivity index (χ4n) is 1.33. The summed E-state index contributed by atoms with van der Waals surface area (Å²) in [6.45, 7) is 2.25. The number of aromatic hydroxyl groups is 1. The van der Waals surface area contributed by atoms with E-state index in [4.69, 9.17) is 9.84 Å². The maximum absolute atomic E-state index is 11.0. The van der Waals surface area contributed by atoms with Crippen LogP contribution in [0.5, 0.6) is 5.75 Å². The second kappa shape index (κ2) is 6.06. The Morgan fingerprint density at radius 3 is 2.60 bits per heavy atom. The van der Waals surface area contributed by atoms with Crippen molar-refractivity contribution in [3.05, 3.63) is 29.8 Å². The van der Waals surface area contributed by atoms with Crippen molar-refractivity contribution in [1.82, 2.24) is 0 Å². The zero-order valence-electron chi connectivity index (χ0n) is 8.90. The van der Waals surface area contributed by atoms with Crippen LogP contribution in [0.15, 0.2) is 24.3 Å². The van der Waals surface area contributed by atoms with Crippen LogP contribution in [0.2, 0.25) is 0 Å². The number of hydrogen-bond acceptors (Lipinski definition) is 3. The maximum atomic E-state index is 11.0. The molecule has 0 bridgehead atoms. The minimum absolute atomic E-state index is 0.142. The minimum Gasteiger partial charge on any atom is -0.508 e. The summed E-state index contributed by atoms with van der Waals surface area (Å²) in [6, 6.07) is 7.03. The molecule has 1 N–H and O–H groups in total. The first-order chi connectivity index (χ1) is 7.22. The van der Waals surface area contributed by atoms with Crippen LogP contribution >= 0.6 is 0 Å². The van der Waals surface area contributed by atoms with Crippen molar-refractivity contribution in [2.24, 2.45) is 0 Å². The van der Waals surface area contributed by atoms with Gasteiger partial charge in [-0.1, -0.05) is 12.1 Å². The minimum atomic E-state index is -0.142. The van der Waals surface area contributed by atoms with Crippen LogP contribution in [0.3, 0.4) is 0 Å². The lowest BCUT2D eigenvalue weighted by atomic mass is 10.1. The molecule has 0 amide bonds. The summed E-state index contributed by atoms with van der Waals surface area (Å²) in [6.07, 6.45) is 2.07. The van der Waals surface area contributed by atoms with E-state index >= 15 is 0 Å². The number of ether oxygens (including phenoxy) is 1. The third kappa shape index (κ3) is 4.49. The van der Waals surface area contributed by atoms with Crippen LogP contribution in [0.25, 0.3) is 0 Å². The molecule has 0 atom stereocenters. The van der Waals surface area contributed by atoms with Crippen molar-refractivity contribution >= 4 is 5.97 Å². The van der Waals surface area contributed by atoms with Crippen LogP contribution < -0.4 is 0 Å². The van der Waals surface area contributed by atoms with Gasteiger partial charge in [-0.05, 0) is 37.5 Å². The highest BCUT2D eigenvalue weighted by molar-refractivity contribution is 5.69. The third-order valence-corrected chi connectivity index (χ3v) is 2.09. The summed E-state index contributed by atoms with van der Waals surface area (Å²) in [5.41, 5.74) is 1.12. The molecule has 0 saturated heterocycles. The molecule has 82 valence electrons. The summed E-state index contributed by atoms with van der Waals surface area (Å²) in [5, 5.41) is 9.07. The number of phenolic OH excluding ortho intramolecular Hbond substituents is 1. The van der Waals surface area contributed by atoms with Gasteiger partial charge in [-0.25, -0.2) is 0 Å². The normalized spacial score (nSPS) is 9.93. The first-order valence-corrected chi connectivity index (χ1v) is 5.16. The van der Waals surface area contributed by atoms with E-state index in [1.165, 1.54) is 0 Å². The summed E-state index contributed by atoms with van der Waals surface area (Å²) in [4.78, 5) is 11.0. The Morgan fingerprint density at radius 2 is 2.00 bits per heavy atom. The Labute approximate surface area is 89.7 Å². The average molecular weight is 208 g/mol. The Morgan fingerprint density at radius 1 is 1.33 bits per heavy atom. The number of hydrogen-bond donors (Lipinski definition) is 1. The van der Waals surface area contributed by atoms with Crippen LogP contribution in [-0.4, -0.2) is 17.7 Å². The van der Waals surface area contributed by atoms with E-state index in [1.54, 1.807) is 19.1 Å². The van der Waals surface area contributed by atoms with E-state index in [0.717, 1.165) is 18.4 Å². The molecule has 0 unspecified atom stereocenters. The van der Waals surface area contributed by atoms with Gasteiger partial charge in [0.05, 0.1) is 6.61 Å². The summed E-state index contributed by atoms with van der Waals surface area (Å²) < 4.78 is 4.82. The molecular formula is C12H16O3. The first kappa shape index (κ1) is 11.6. The number of phenols is 1. The van der Waals surface area contributed by atoms with Crippen LogP contribution in [0.1, 0.15) is 25.3 Å². The van der Waals surface area contributed by atoms with Crippen molar-refractivity contribution < 1.29 is 14.6 Å². The standard InChI is InChI=1S/C12H16O3/c1-2-15-12(14)5-3-4-10-6-8-11(13)9-7-10/h6-9,13H,2-5H2,1H3. The van der Waals surface area contributed by atoms with Crippen molar-refractivity contribution in [1.29, 1.82) is 0 Å². The summed E-state index contributed by atoms with van der Waals surface area (Å²) in [7, 11) is 0. The largest absolute Gasteiger partial charge is 0.508 e. The SMILES string of the molecule is CCOC(=O)CCCc1ccc(O)cc1. The zero-order valence-corrected chi connectivity index (χ0v) is 8.90. The van der Waals surface area contributed by atoms with E-state index in [9.17, 15) is 4.79 Å². The average Bonchev–Trinajstić information content (AvgIpc) is 2.21. The molecule has 0 aromatic heterocycles. The highest BCUT2D eigenvalue weighted by atomic mass is 16.5. The first-order valence-electron chi connectivity index (χ1n) is 5.16. The highest BCUT2D eigenvalue weighted by Crippen LogP contribution is 2.11. The van der Waals surface area contributed by atoms with Crippen LogP contribution in [0.4, 0.5) is 0 Å². The van der Waals surface area contributed by atoms with Gasteiger partial charge in [0.25, 0.3) is 0 Å². The van der Waals surface area contributed by atoms with Crippen molar-refractivity contribution in [3.63, 3.8) is 0 Å². The molecule has 3 heteroatoms. The van der Waals surface area contributed by atoms with Gasteiger partial charge in [-0.2, -0.15) is 0 Å². The number of aryl methyl sites for hydroxylation is 1. The van der Waals surface area contributed by atoms with Crippen LogP contribution in [0, 0.1) is 0 Å². The molecule has 1 aromatic rings. The second-order valence-corrected chi connectivity index (χ2v) is 3.33. The maximum Gasteiger partial charge on any atom is 0.305 e. The molecular weight excluding hydrogens is 192 g/mol. The quantitative estimate of drug-likeness (QED) is 0.755. The van der Waals surface area contributed by atoms with Gasteiger partial charge < -0.3 is 9.84 Å². The Bertz CT molecular complexity index is 303. The van der Waals surface area contributed by atoms with Gasteiger partial charge in [-0.3, -0.25) is 4.79 Å². The molecule has 3 nitrogen and oxygen atoms in total. The Kier molecular flexibility index (Phi) is 4.68. The lowest BCUT2D eigenvalue weighted by molar-refractivity contribution is -0.143. The molecule has 0 aliphatic rings. The molecule has 0 saturated carbocycles. The topological polar surface area (TPSA) is 46.5 Å². The van der Waals surface area contributed by atoms with Gasteiger partial charge >= 0.3 is 5.97 Å². The molecule has 0 fully saturated rings. The number of carbonyl (C=O) groups is 1. The fraction of sp³-hybridized carbons (Fsp3) is 0.417. The van der Waals surface area contributed by atoms with E-state index in [2.05, 4.69) is 0 Å². The highest BCUT2D eigenvalue weighted by Gasteiger charge is 2.01. The summed E-state index contributed by atoms with van der Waals surface area (Å²) in [5.74, 6) is 0.125.